The molecule has 34 heavy (non-hydrogen) atoms. The molecule has 2 aliphatic rings. The zero-order valence-corrected chi connectivity index (χ0v) is 20.0. The van der Waals surface area contributed by atoms with Crippen LogP contribution in [-0.4, -0.2) is 75.9 Å². The van der Waals surface area contributed by atoms with E-state index in [1.807, 2.05) is 0 Å². The second kappa shape index (κ2) is 9.91. The normalized spacial score (nSPS) is 17.3. The molecule has 8 nitrogen and oxygen atoms in total. The molecule has 12 heteroatoms. The van der Waals surface area contributed by atoms with Crippen molar-refractivity contribution in [3.63, 3.8) is 0 Å². The number of alkyl halides is 2. The summed E-state index contributed by atoms with van der Waals surface area (Å²) in [6, 6.07) is 4.84. The molecule has 1 saturated heterocycles. The van der Waals surface area contributed by atoms with Gasteiger partial charge >= 0.3 is 6.09 Å². The van der Waals surface area contributed by atoms with Gasteiger partial charge in [-0.3, -0.25) is 4.79 Å². The third kappa shape index (κ3) is 5.05. The van der Waals surface area contributed by atoms with Crippen LogP contribution in [0, 0.1) is 0 Å². The van der Waals surface area contributed by atoms with Gasteiger partial charge in [0.2, 0.25) is 0 Å². The van der Waals surface area contributed by atoms with E-state index in [9.17, 15) is 18.4 Å². The highest BCUT2D eigenvalue weighted by molar-refractivity contribution is 7.98. The first-order valence-corrected chi connectivity index (χ1v) is 12.3. The van der Waals surface area contributed by atoms with E-state index in [0.29, 0.717) is 42.9 Å². The Morgan fingerprint density at radius 1 is 1.21 bits per heavy atom. The molecule has 2 aromatic rings. The summed E-state index contributed by atoms with van der Waals surface area (Å²) in [4.78, 5) is 35.0. The number of hydrogen-bond donors (Lipinski definition) is 1. The maximum atomic E-state index is 14.3. The molecule has 1 N–H and O–H groups in total. The standard InChI is InChI=1S/C22H23ClF2N4O4S/c1-34-20-26-18(14-5-6-22(24,25)19(14)27-20)13-3-4-16(15(23)11-13)33-12-17(30)28-7-2-8-29(10-9-28)21(31)32/h3-4,11H,2,5-10,12H2,1H3,(H,31,32). The van der Waals surface area contributed by atoms with Crippen LogP contribution < -0.4 is 4.74 Å². The van der Waals surface area contributed by atoms with Gasteiger partial charge in [0.05, 0.1) is 10.7 Å². The number of hydrogen-bond acceptors (Lipinski definition) is 6. The van der Waals surface area contributed by atoms with Crippen LogP contribution in [0.15, 0.2) is 23.4 Å². The van der Waals surface area contributed by atoms with Crippen LogP contribution in [0.4, 0.5) is 13.6 Å². The van der Waals surface area contributed by atoms with Crippen LogP contribution in [0.25, 0.3) is 11.3 Å². The summed E-state index contributed by atoms with van der Waals surface area (Å²) in [6.45, 7) is 1.11. The molecule has 2 amide bonds. The molecule has 0 atom stereocenters. The smallest absolute Gasteiger partial charge is 0.407 e. The second-order valence-corrected chi connectivity index (χ2v) is 9.21. The molecule has 0 unspecified atom stereocenters. The average molecular weight is 513 g/mol. The Labute approximate surface area is 204 Å². The first-order chi connectivity index (χ1) is 16.2. The number of fused-ring (bicyclic) bond motifs is 1. The lowest BCUT2D eigenvalue weighted by atomic mass is 10.1. The Hall–Kier alpha value is -2.66. The predicted molar refractivity (Wildman–Crippen MR) is 123 cm³/mol. The molecule has 2 heterocycles. The molecule has 4 rings (SSSR count). The number of carboxylic acid groups (broad SMARTS) is 1. The molecular weight excluding hydrogens is 490 g/mol. The van der Waals surface area contributed by atoms with Crippen molar-refractivity contribution in [1.29, 1.82) is 0 Å². The van der Waals surface area contributed by atoms with E-state index in [2.05, 4.69) is 9.97 Å². The summed E-state index contributed by atoms with van der Waals surface area (Å²) in [7, 11) is 0. The van der Waals surface area contributed by atoms with Crippen molar-refractivity contribution in [2.45, 2.75) is 30.3 Å². The molecule has 182 valence electrons. The van der Waals surface area contributed by atoms with Crippen LogP contribution in [-0.2, 0) is 17.1 Å². The molecule has 1 aliphatic carbocycles. The van der Waals surface area contributed by atoms with E-state index < -0.39 is 12.0 Å². The number of nitrogens with zero attached hydrogens (tertiary/aromatic N) is 4. The number of ether oxygens (including phenoxy) is 1. The van der Waals surface area contributed by atoms with Gasteiger partial charge in [0.15, 0.2) is 11.8 Å². The number of thioether (sulfide) groups is 1. The third-order valence-corrected chi connectivity index (χ3v) is 6.72. The summed E-state index contributed by atoms with van der Waals surface area (Å²) in [5, 5.41) is 9.60. The van der Waals surface area contributed by atoms with Gasteiger partial charge in [-0.2, -0.15) is 8.78 Å². The lowest BCUT2D eigenvalue weighted by Crippen LogP contribution is -2.39. The quantitative estimate of drug-likeness (QED) is 0.475. The predicted octanol–water partition coefficient (Wildman–Crippen LogP) is 4.15. The minimum atomic E-state index is -2.99. The summed E-state index contributed by atoms with van der Waals surface area (Å²) in [5.74, 6) is -2.98. The Balaban J connectivity index is 1.47. The van der Waals surface area contributed by atoms with Crippen LogP contribution >= 0.6 is 23.4 Å². The van der Waals surface area contributed by atoms with Gasteiger partial charge in [0, 0.05) is 43.7 Å². The molecule has 1 fully saturated rings. The number of rotatable bonds is 5. The fraction of sp³-hybridized carbons (Fsp3) is 0.455. The average Bonchev–Trinajstić information content (AvgIpc) is 2.98. The van der Waals surface area contributed by atoms with Gasteiger partial charge in [-0.15, -0.1) is 0 Å². The monoisotopic (exact) mass is 512 g/mol. The van der Waals surface area contributed by atoms with E-state index in [-0.39, 0.29) is 53.5 Å². The van der Waals surface area contributed by atoms with Crippen molar-refractivity contribution in [3.8, 4) is 17.0 Å². The molecule has 1 aromatic heterocycles. The van der Waals surface area contributed by atoms with E-state index in [4.69, 9.17) is 21.4 Å². The number of carbonyl (C=O) groups is 2. The van der Waals surface area contributed by atoms with Gasteiger partial charge in [-0.1, -0.05) is 23.4 Å². The number of halogens is 3. The number of amides is 2. The van der Waals surface area contributed by atoms with E-state index in [1.54, 1.807) is 29.4 Å². The largest absolute Gasteiger partial charge is 0.482 e. The van der Waals surface area contributed by atoms with Gasteiger partial charge in [-0.05, 0) is 37.3 Å². The highest BCUT2D eigenvalue weighted by atomic mass is 35.5. The molecule has 0 bridgehead atoms. The maximum absolute atomic E-state index is 14.3. The minimum absolute atomic E-state index is 0.172. The zero-order valence-electron chi connectivity index (χ0n) is 18.4. The van der Waals surface area contributed by atoms with Crippen molar-refractivity contribution in [2.24, 2.45) is 0 Å². The Bertz CT molecular complexity index is 1120. The second-order valence-electron chi connectivity index (χ2n) is 8.03. The number of benzene rings is 1. The third-order valence-electron chi connectivity index (χ3n) is 5.88. The number of aromatic nitrogens is 2. The number of carbonyl (C=O) groups excluding carboxylic acids is 1. The van der Waals surface area contributed by atoms with Crippen LogP contribution in [0.3, 0.4) is 0 Å². The van der Waals surface area contributed by atoms with Crippen molar-refractivity contribution in [1.82, 2.24) is 19.8 Å². The molecule has 0 saturated carbocycles. The van der Waals surface area contributed by atoms with Crippen LogP contribution in [0.5, 0.6) is 5.75 Å². The summed E-state index contributed by atoms with van der Waals surface area (Å²) >= 11 is 7.58. The fourth-order valence-corrected chi connectivity index (χ4v) is 4.69. The van der Waals surface area contributed by atoms with E-state index >= 15 is 0 Å². The lowest BCUT2D eigenvalue weighted by Gasteiger charge is -2.21. The topological polar surface area (TPSA) is 95.9 Å². The van der Waals surface area contributed by atoms with Crippen molar-refractivity contribution in [2.75, 3.05) is 39.0 Å². The van der Waals surface area contributed by atoms with Gasteiger partial charge in [0.25, 0.3) is 11.8 Å². The Kier molecular flexibility index (Phi) is 7.13. The minimum Gasteiger partial charge on any atom is -0.482 e. The van der Waals surface area contributed by atoms with E-state index in [0.717, 1.165) is 0 Å². The zero-order chi connectivity index (χ0) is 24.5. The molecule has 1 aromatic carbocycles. The highest BCUT2D eigenvalue weighted by Gasteiger charge is 2.43. The van der Waals surface area contributed by atoms with Crippen LogP contribution in [0.2, 0.25) is 5.02 Å². The van der Waals surface area contributed by atoms with Crippen molar-refractivity contribution < 1.29 is 28.2 Å². The van der Waals surface area contributed by atoms with E-state index in [1.165, 1.54) is 16.7 Å². The molecular formula is C22H23ClF2N4O4S. The molecule has 0 spiro atoms. The van der Waals surface area contributed by atoms with Crippen molar-refractivity contribution in [3.05, 3.63) is 34.5 Å². The van der Waals surface area contributed by atoms with Crippen molar-refractivity contribution >= 4 is 35.4 Å². The molecule has 1 aliphatic heterocycles. The lowest BCUT2D eigenvalue weighted by molar-refractivity contribution is -0.133. The SMILES string of the molecule is CSc1nc(-c2ccc(OCC(=O)N3CCCN(C(=O)O)CC3)c(Cl)c2)c2c(n1)C(F)(F)CC2. The maximum Gasteiger partial charge on any atom is 0.407 e. The fourth-order valence-electron chi connectivity index (χ4n) is 4.09. The summed E-state index contributed by atoms with van der Waals surface area (Å²) < 4.78 is 34.2. The first-order valence-electron chi connectivity index (χ1n) is 10.7. The van der Waals surface area contributed by atoms with Crippen LogP contribution in [0.1, 0.15) is 24.1 Å². The van der Waals surface area contributed by atoms with Gasteiger partial charge < -0.3 is 19.6 Å². The first kappa shape index (κ1) is 24.5. The Morgan fingerprint density at radius 2 is 1.94 bits per heavy atom. The molecule has 0 radical (unpaired) electrons. The Morgan fingerprint density at radius 3 is 2.65 bits per heavy atom. The summed E-state index contributed by atoms with van der Waals surface area (Å²) in [5.41, 5.74) is 1.17. The van der Waals surface area contributed by atoms with Gasteiger partial charge in [-0.25, -0.2) is 14.8 Å². The summed E-state index contributed by atoms with van der Waals surface area (Å²) in [6.07, 6.45) is 1.14. The highest BCUT2D eigenvalue weighted by Crippen LogP contribution is 2.44. The van der Waals surface area contributed by atoms with Gasteiger partial charge in [0.1, 0.15) is 11.4 Å².